The third kappa shape index (κ3) is 7.68. The van der Waals surface area contributed by atoms with Gasteiger partial charge in [0.1, 0.15) is 16.6 Å². The third-order valence-electron chi connectivity index (χ3n) is 7.04. The first-order valence-electron chi connectivity index (χ1n) is 14.0. The van der Waals surface area contributed by atoms with E-state index in [1.807, 2.05) is 26.0 Å². The van der Waals surface area contributed by atoms with Crippen LogP contribution in [0.1, 0.15) is 59.3 Å². The fraction of sp³-hybridized carbons (Fsp3) is 0.257. The molecule has 0 heterocycles. The number of halogens is 1. The number of carbonyl (C=O) groups excluding carboxylic acids is 2. The van der Waals surface area contributed by atoms with E-state index in [9.17, 15) is 18.0 Å². The highest BCUT2D eigenvalue weighted by molar-refractivity contribution is 7.93. The molecule has 0 saturated carbocycles. The second-order valence-corrected chi connectivity index (χ2v) is 14.1. The predicted molar refractivity (Wildman–Crippen MR) is 174 cm³/mol. The minimum Gasteiger partial charge on any atom is -0.497 e. The van der Waals surface area contributed by atoms with Crippen LogP contribution in [-0.4, -0.2) is 38.3 Å². The number of Topliss-reactive ketones (excluding diaryl/α,β-unsaturated/α-hetero) is 1. The number of ether oxygens (including phenoxy) is 2. The van der Waals surface area contributed by atoms with Gasteiger partial charge in [0.05, 0.1) is 12.0 Å². The Morgan fingerprint density at radius 1 is 0.818 bits per heavy atom. The Kier molecular flexibility index (Phi) is 9.86. The molecule has 1 N–H and O–H groups in total. The Hall–Kier alpha value is -4.14. The van der Waals surface area contributed by atoms with Gasteiger partial charge in [0.2, 0.25) is 0 Å². The zero-order valence-corrected chi connectivity index (χ0v) is 27.1. The van der Waals surface area contributed by atoms with Crippen LogP contribution in [0.4, 0.5) is 10.5 Å². The van der Waals surface area contributed by atoms with E-state index < -0.39 is 38.5 Å². The maximum absolute atomic E-state index is 14.7. The molecule has 1 amide bonds. The number of aryl methyl sites for hydroxylation is 2. The first-order chi connectivity index (χ1) is 20.7. The number of anilines is 1. The van der Waals surface area contributed by atoms with Gasteiger partial charge in [-0.2, -0.15) is 0 Å². The highest BCUT2D eigenvalue weighted by atomic mass is 35.5. The second kappa shape index (κ2) is 13.2. The van der Waals surface area contributed by atoms with Crippen LogP contribution in [0.5, 0.6) is 5.75 Å². The molecule has 4 rings (SSSR count). The molecule has 44 heavy (non-hydrogen) atoms. The number of carbonyl (C=O) groups is 2. The van der Waals surface area contributed by atoms with E-state index in [2.05, 4.69) is 5.32 Å². The first kappa shape index (κ1) is 32.8. The summed E-state index contributed by atoms with van der Waals surface area (Å²) in [5, 5.41) is 1.55. The molecule has 9 heteroatoms. The standard InChI is InChI=1S/C35H36ClNO6S/c1-22-7-11-24(12-8-22)31(29-21-27(42-6)17-20-30(29)37-34(39)43-35(3,4)5)33(32(38)25-13-15-26(36)16-14-25)44(40,41)28-18-9-23(2)10-19-28/h7-21,31,33H,1-6H3,(H,37,39). The number of sulfone groups is 1. The number of rotatable bonds is 9. The Labute approximate surface area is 264 Å². The normalized spacial score (nSPS) is 13.1. The summed E-state index contributed by atoms with van der Waals surface area (Å²) < 4.78 is 40.4. The SMILES string of the molecule is COc1ccc(NC(=O)OC(C)(C)C)c(C(c2ccc(C)cc2)C(C(=O)c2ccc(Cl)cc2)S(=O)(=O)c2ccc(C)cc2)c1. The van der Waals surface area contributed by atoms with Crippen molar-refractivity contribution in [2.75, 3.05) is 12.4 Å². The van der Waals surface area contributed by atoms with E-state index in [4.69, 9.17) is 21.1 Å². The van der Waals surface area contributed by atoms with Crippen molar-refractivity contribution < 1.29 is 27.5 Å². The van der Waals surface area contributed by atoms with Crippen molar-refractivity contribution in [3.63, 3.8) is 0 Å². The van der Waals surface area contributed by atoms with E-state index in [0.29, 0.717) is 21.9 Å². The Bertz CT molecular complexity index is 1740. The molecule has 0 aliphatic heterocycles. The minimum absolute atomic E-state index is 0.00271. The molecule has 0 aliphatic rings. The highest BCUT2D eigenvalue weighted by Gasteiger charge is 2.43. The molecule has 4 aromatic rings. The summed E-state index contributed by atoms with van der Waals surface area (Å²) in [6.45, 7) is 8.99. The fourth-order valence-electron chi connectivity index (χ4n) is 4.87. The van der Waals surface area contributed by atoms with E-state index >= 15 is 0 Å². The fourth-order valence-corrected chi connectivity index (χ4v) is 6.88. The molecule has 0 fully saturated rings. The molecule has 0 aliphatic carbocycles. The molecular formula is C35H36ClNO6S. The van der Waals surface area contributed by atoms with E-state index in [1.165, 1.54) is 31.4 Å². The van der Waals surface area contributed by atoms with Gasteiger partial charge in [0.25, 0.3) is 0 Å². The Morgan fingerprint density at radius 3 is 1.93 bits per heavy atom. The lowest BCUT2D eigenvalue weighted by molar-refractivity contribution is 0.0635. The summed E-state index contributed by atoms with van der Waals surface area (Å²) in [6, 6.07) is 24.7. The van der Waals surface area contributed by atoms with Crippen molar-refractivity contribution in [2.24, 2.45) is 0 Å². The predicted octanol–water partition coefficient (Wildman–Crippen LogP) is 8.17. The van der Waals surface area contributed by atoms with Crippen molar-refractivity contribution in [3.8, 4) is 5.75 Å². The number of benzene rings is 4. The van der Waals surface area contributed by atoms with Crippen LogP contribution < -0.4 is 10.1 Å². The minimum atomic E-state index is -4.34. The second-order valence-electron chi connectivity index (χ2n) is 11.6. The van der Waals surface area contributed by atoms with Crippen LogP contribution in [0.15, 0.2) is 95.9 Å². The molecule has 230 valence electrons. The molecule has 2 atom stereocenters. The van der Waals surface area contributed by atoms with Crippen LogP contribution in [0.2, 0.25) is 5.02 Å². The van der Waals surface area contributed by atoms with E-state index in [1.54, 1.807) is 75.4 Å². The summed E-state index contributed by atoms with van der Waals surface area (Å²) in [6.07, 6.45) is -0.728. The van der Waals surface area contributed by atoms with Gasteiger partial charge in [-0.05, 0) is 100 Å². The summed E-state index contributed by atoms with van der Waals surface area (Å²) in [7, 11) is -2.86. The maximum atomic E-state index is 14.7. The lowest BCUT2D eigenvalue weighted by atomic mass is 9.84. The number of methoxy groups -OCH3 is 1. The maximum Gasteiger partial charge on any atom is 0.412 e. The van der Waals surface area contributed by atoms with Crippen molar-refractivity contribution in [2.45, 2.75) is 56.3 Å². The van der Waals surface area contributed by atoms with Crippen LogP contribution in [0, 0.1) is 13.8 Å². The van der Waals surface area contributed by atoms with Gasteiger partial charge in [-0.25, -0.2) is 13.2 Å². The van der Waals surface area contributed by atoms with Gasteiger partial charge in [-0.15, -0.1) is 0 Å². The van der Waals surface area contributed by atoms with Gasteiger partial charge < -0.3 is 9.47 Å². The largest absolute Gasteiger partial charge is 0.497 e. The lowest BCUT2D eigenvalue weighted by Gasteiger charge is -2.30. The van der Waals surface area contributed by atoms with Crippen LogP contribution in [0.3, 0.4) is 0 Å². The van der Waals surface area contributed by atoms with Gasteiger partial charge in [-0.3, -0.25) is 10.1 Å². The summed E-state index contributed by atoms with van der Waals surface area (Å²) >= 11 is 6.12. The first-order valence-corrected chi connectivity index (χ1v) is 16.0. The monoisotopic (exact) mass is 633 g/mol. The van der Waals surface area contributed by atoms with Crippen LogP contribution in [0.25, 0.3) is 0 Å². The quantitative estimate of drug-likeness (QED) is 0.187. The molecule has 0 bridgehead atoms. The topological polar surface area (TPSA) is 98.8 Å². The van der Waals surface area contributed by atoms with Gasteiger partial charge in [-0.1, -0.05) is 59.1 Å². The van der Waals surface area contributed by atoms with Gasteiger partial charge in [0.15, 0.2) is 15.6 Å². The van der Waals surface area contributed by atoms with Crippen molar-refractivity contribution >= 4 is 39.0 Å². The summed E-state index contributed by atoms with van der Waals surface area (Å²) in [5.74, 6) is -1.29. The molecule has 0 radical (unpaired) electrons. The molecule has 2 unspecified atom stereocenters. The molecule has 0 aromatic heterocycles. The number of nitrogens with one attached hydrogen (secondary N) is 1. The number of amides is 1. The molecule has 4 aromatic carbocycles. The lowest BCUT2D eigenvalue weighted by Crippen LogP contribution is -2.37. The number of hydrogen-bond acceptors (Lipinski definition) is 6. The zero-order chi connectivity index (χ0) is 32.2. The van der Waals surface area contributed by atoms with Crippen LogP contribution >= 0.6 is 11.6 Å². The zero-order valence-electron chi connectivity index (χ0n) is 25.6. The summed E-state index contributed by atoms with van der Waals surface area (Å²) in [5.41, 5.74) is 2.41. The van der Waals surface area contributed by atoms with Gasteiger partial charge in [0, 0.05) is 22.2 Å². The Balaban J connectivity index is 2.03. The molecular weight excluding hydrogens is 598 g/mol. The van der Waals surface area contributed by atoms with Crippen molar-refractivity contribution in [3.05, 3.63) is 124 Å². The molecule has 7 nitrogen and oxygen atoms in total. The average Bonchev–Trinajstić information content (AvgIpc) is 2.96. The van der Waals surface area contributed by atoms with Crippen LogP contribution in [-0.2, 0) is 14.6 Å². The van der Waals surface area contributed by atoms with E-state index in [-0.39, 0.29) is 16.1 Å². The number of hydrogen-bond donors (Lipinski definition) is 1. The third-order valence-corrected chi connectivity index (χ3v) is 9.38. The van der Waals surface area contributed by atoms with Crippen molar-refractivity contribution in [1.82, 2.24) is 0 Å². The average molecular weight is 634 g/mol. The molecule has 0 saturated heterocycles. The molecule has 0 spiro atoms. The van der Waals surface area contributed by atoms with Crippen molar-refractivity contribution in [1.29, 1.82) is 0 Å². The number of ketones is 1. The summed E-state index contributed by atoms with van der Waals surface area (Å²) in [4.78, 5) is 27.5. The highest BCUT2D eigenvalue weighted by Crippen LogP contribution is 2.41. The van der Waals surface area contributed by atoms with E-state index in [0.717, 1.165) is 11.1 Å². The van der Waals surface area contributed by atoms with Gasteiger partial charge >= 0.3 is 6.09 Å². The smallest absolute Gasteiger partial charge is 0.412 e. The Morgan fingerprint density at radius 2 is 1.39 bits per heavy atom.